The van der Waals surface area contributed by atoms with Crippen molar-refractivity contribution in [2.24, 2.45) is 5.92 Å². The number of carbonyl (C=O) groups is 1. The molecule has 1 aromatic rings. The number of benzene rings is 1. The third-order valence-corrected chi connectivity index (χ3v) is 4.03. The van der Waals surface area contributed by atoms with Gasteiger partial charge in [0.15, 0.2) is 0 Å². The SMILES string of the molecule is COc1c(C)cc(C)cc1CN1CCC(C(=O)O)CC1. The Morgan fingerprint density at radius 2 is 2.00 bits per heavy atom. The number of aliphatic carboxylic acids is 1. The summed E-state index contributed by atoms with van der Waals surface area (Å²) in [5.41, 5.74) is 3.58. The number of aryl methyl sites for hydroxylation is 2. The molecule has 1 heterocycles. The van der Waals surface area contributed by atoms with Crippen LogP contribution in [0.1, 0.15) is 29.5 Å². The Hall–Kier alpha value is -1.55. The predicted octanol–water partition coefficient (Wildman–Crippen LogP) is 2.61. The second kappa shape index (κ2) is 6.27. The smallest absolute Gasteiger partial charge is 0.306 e. The second-order valence-corrected chi connectivity index (χ2v) is 5.66. The Balaban J connectivity index is 2.06. The number of hydrogen-bond donors (Lipinski definition) is 1. The number of ether oxygens (including phenoxy) is 1. The van der Waals surface area contributed by atoms with Crippen molar-refractivity contribution >= 4 is 5.97 Å². The topological polar surface area (TPSA) is 49.8 Å². The van der Waals surface area contributed by atoms with E-state index < -0.39 is 5.97 Å². The van der Waals surface area contributed by atoms with Crippen LogP contribution in [0, 0.1) is 19.8 Å². The molecule has 2 rings (SSSR count). The number of rotatable bonds is 4. The normalized spacial score (nSPS) is 17.1. The van der Waals surface area contributed by atoms with Crippen molar-refractivity contribution in [2.45, 2.75) is 33.2 Å². The first kappa shape index (κ1) is 14.9. The summed E-state index contributed by atoms with van der Waals surface area (Å²) in [7, 11) is 1.71. The Morgan fingerprint density at radius 1 is 1.35 bits per heavy atom. The van der Waals surface area contributed by atoms with Crippen LogP contribution in [-0.4, -0.2) is 36.2 Å². The van der Waals surface area contributed by atoms with Crippen LogP contribution in [0.25, 0.3) is 0 Å². The fourth-order valence-electron chi connectivity index (χ4n) is 3.03. The highest BCUT2D eigenvalue weighted by molar-refractivity contribution is 5.70. The van der Waals surface area contributed by atoms with Crippen LogP contribution in [0.4, 0.5) is 0 Å². The zero-order valence-electron chi connectivity index (χ0n) is 12.5. The first-order valence-electron chi connectivity index (χ1n) is 7.10. The average Bonchev–Trinajstić information content (AvgIpc) is 2.39. The summed E-state index contributed by atoms with van der Waals surface area (Å²) < 4.78 is 5.51. The standard InChI is InChI=1S/C16H23NO3/c1-11-8-12(2)15(20-3)14(9-11)10-17-6-4-13(5-7-17)16(18)19/h8-9,13H,4-7,10H2,1-3H3,(H,18,19). The van der Waals surface area contributed by atoms with Gasteiger partial charge in [-0.2, -0.15) is 0 Å². The summed E-state index contributed by atoms with van der Waals surface area (Å²) in [6.45, 7) is 6.66. The minimum Gasteiger partial charge on any atom is -0.496 e. The van der Waals surface area contributed by atoms with Gasteiger partial charge in [-0.15, -0.1) is 0 Å². The Kier molecular flexibility index (Phi) is 4.65. The molecule has 0 saturated carbocycles. The van der Waals surface area contributed by atoms with Crippen LogP contribution in [0.5, 0.6) is 5.75 Å². The van der Waals surface area contributed by atoms with Gasteiger partial charge in [0.25, 0.3) is 0 Å². The third-order valence-electron chi connectivity index (χ3n) is 4.03. The summed E-state index contributed by atoms with van der Waals surface area (Å²) in [6, 6.07) is 4.29. The maximum Gasteiger partial charge on any atom is 0.306 e. The highest BCUT2D eigenvalue weighted by atomic mass is 16.5. The minimum absolute atomic E-state index is 0.174. The molecule has 1 aliphatic rings. The molecule has 0 unspecified atom stereocenters. The monoisotopic (exact) mass is 277 g/mol. The maximum atomic E-state index is 11.0. The zero-order chi connectivity index (χ0) is 14.7. The van der Waals surface area contributed by atoms with Gasteiger partial charge in [0, 0.05) is 12.1 Å². The van der Waals surface area contributed by atoms with Gasteiger partial charge in [0.2, 0.25) is 0 Å². The van der Waals surface area contributed by atoms with Gasteiger partial charge in [-0.1, -0.05) is 17.7 Å². The van der Waals surface area contributed by atoms with Gasteiger partial charge >= 0.3 is 5.97 Å². The number of nitrogens with zero attached hydrogens (tertiary/aromatic N) is 1. The van der Waals surface area contributed by atoms with Crippen molar-refractivity contribution in [1.29, 1.82) is 0 Å². The van der Waals surface area contributed by atoms with Crippen molar-refractivity contribution in [2.75, 3.05) is 20.2 Å². The highest BCUT2D eigenvalue weighted by Gasteiger charge is 2.25. The molecule has 1 aliphatic heterocycles. The zero-order valence-corrected chi connectivity index (χ0v) is 12.5. The molecule has 0 atom stereocenters. The van der Waals surface area contributed by atoms with E-state index in [1.165, 1.54) is 11.1 Å². The lowest BCUT2D eigenvalue weighted by Crippen LogP contribution is -2.35. The average molecular weight is 277 g/mol. The van der Waals surface area contributed by atoms with E-state index in [2.05, 4.69) is 30.9 Å². The quantitative estimate of drug-likeness (QED) is 0.919. The van der Waals surface area contributed by atoms with Gasteiger partial charge in [0.05, 0.1) is 13.0 Å². The highest BCUT2D eigenvalue weighted by Crippen LogP contribution is 2.28. The number of methoxy groups -OCH3 is 1. The molecule has 110 valence electrons. The maximum absolute atomic E-state index is 11.0. The third kappa shape index (κ3) is 3.31. The fraction of sp³-hybridized carbons (Fsp3) is 0.562. The van der Waals surface area contributed by atoms with Gasteiger partial charge in [-0.3, -0.25) is 9.69 Å². The molecule has 4 heteroatoms. The summed E-state index contributed by atoms with van der Waals surface area (Å²) in [5.74, 6) is 0.122. The van der Waals surface area contributed by atoms with E-state index in [1.807, 2.05) is 0 Å². The van der Waals surface area contributed by atoms with E-state index in [1.54, 1.807) is 7.11 Å². The Bertz CT molecular complexity index is 491. The molecule has 4 nitrogen and oxygen atoms in total. The van der Waals surface area contributed by atoms with Crippen LogP contribution in [-0.2, 0) is 11.3 Å². The Morgan fingerprint density at radius 3 is 2.55 bits per heavy atom. The van der Waals surface area contributed by atoms with Crippen molar-refractivity contribution in [3.8, 4) is 5.75 Å². The summed E-state index contributed by atoms with van der Waals surface area (Å²) >= 11 is 0. The number of hydrogen-bond acceptors (Lipinski definition) is 3. The van der Waals surface area contributed by atoms with E-state index in [4.69, 9.17) is 9.84 Å². The van der Waals surface area contributed by atoms with E-state index >= 15 is 0 Å². The van der Waals surface area contributed by atoms with Crippen LogP contribution in [0.15, 0.2) is 12.1 Å². The Labute approximate surface area is 120 Å². The lowest BCUT2D eigenvalue weighted by Gasteiger charge is -2.30. The molecule has 0 spiro atoms. The largest absolute Gasteiger partial charge is 0.496 e. The van der Waals surface area contributed by atoms with E-state index in [-0.39, 0.29) is 5.92 Å². The number of piperidine rings is 1. The van der Waals surface area contributed by atoms with Crippen molar-refractivity contribution in [3.05, 3.63) is 28.8 Å². The lowest BCUT2D eigenvalue weighted by molar-refractivity contribution is -0.143. The molecular weight excluding hydrogens is 254 g/mol. The van der Waals surface area contributed by atoms with Crippen molar-refractivity contribution in [3.63, 3.8) is 0 Å². The molecular formula is C16H23NO3. The molecule has 0 aliphatic carbocycles. The first-order chi connectivity index (χ1) is 9.51. The van der Waals surface area contributed by atoms with Crippen LogP contribution in [0.3, 0.4) is 0 Å². The van der Waals surface area contributed by atoms with E-state index in [0.29, 0.717) is 0 Å². The van der Waals surface area contributed by atoms with Gasteiger partial charge < -0.3 is 9.84 Å². The van der Waals surface area contributed by atoms with Gasteiger partial charge in [-0.05, 0) is 45.3 Å². The van der Waals surface area contributed by atoms with Gasteiger partial charge in [0.1, 0.15) is 5.75 Å². The minimum atomic E-state index is -0.659. The lowest BCUT2D eigenvalue weighted by atomic mass is 9.96. The molecule has 1 N–H and O–H groups in total. The molecule has 0 bridgehead atoms. The fourth-order valence-corrected chi connectivity index (χ4v) is 3.03. The molecule has 0 aromatic heterocycles. The molecule has 0 radical (unpaired) electrons. The number of carboxylic acids is 1. The number of carboxylic acid groups (broad SMARTS) is 1. The number of likely N-dealkylation sites (tertiary alicyclic amines) is 1. The summed E-state index contributed by atoms with van der Waals surface area (Å²) in [6.07, 6.45) is 1.48. The molecule has 0 amide bonds. The summed E-state index contributed by atoms with van der Waals surface area (Å²) in [4.78, 5) is 13.3. The van der Waals surface area contributed by atoms with Crippen LogP contribution < -0.4 is 4.74 Å². The van der Waals surface area contributed by atoms with E-state index in [9.17, 15) is 4.79 Å². The molecule has 1 fully saturated rings. The summed E-state index contributed by atoms with van der Waals surface area (Å²) in [5, 5.41) is 9.03. The first-order valence-corrected chi connectivity index (χ1v) is 7.10. The van der Waals surface area contributed by atoms with Crippen LogP contribution >= 0.6 is 0 Å². The molecule has 1 aromatic carbocycles. The van der Waals surface area contributed by atoms with Gasteiger partial charge in [-0.25, -0.2) is 0 Å². The molecule has 1 saturated heterocycles. The van der Waals surface area contributed by atoms with E-state index in [0.717, 1.165) is 43.8 Å². The van der Waals surface area contributed by atoms with Crippen molar-refractivity contribution < 1.29 is 14.6 Å². The van der Waals surface area contributed by atoms with Crippen LogP contribution in [0.2, 0.25) is 0 Å². The predicted molar refractivity (Wildman–Crippen MR) is 78.1 cm³/mol. The van der Waals surface area contributed by atoms with Crippen molar-refractivity contribution in [1.82, 2.24) is 4.90 Å². The molecule has 20 heavy (non-hydrogen) atoms. The second-order valence-electron chi connectivity index (χ2n) is 5.66.